The van der Waals surface area contributed by atoms with Crippen molar-refractivity contribution in [2.75, 3.05) is 6.54 Å². The van der Waals surface area contributed by atoms with Crippen molar-refractivity contribution in [1.82, 2.24) is 5.32 Å². The van der Waals surface area contributed by atoms with E-state index in [2.05, 4.69) is 11.4 Å². The molecule has 0 aliphatic rings. The first-order valence-electron chi connectivity index (χ1n) is 8.03. The van der Waals surface area contributed by atoms with E-state index >= 15 is 0 Å². The highest BCUT2D eigenvalue weighted by Crippen LogP contribution is 2.23. The Balaban J connectivity index is 1.95. The van der Waals surface area contributed by atoms with Crippen molar-refractivity contribution in [3.8, 4) is 0 Å². The maximum absolute atomic E-state index is 12.1. The predicted molar refractivity (Wildman–Crippen MR) is 93.9 cm³/mol. The molecule has 2 aromatic rings. The van der Waals surface area contributed by atoms with E-state index in [0.717, 1.165) is 11.1 Å². The van der Waals surface area contributed by atoms with Crippen LogP contribution < -0.4 is 5.32 Å². The number of carboxylic acids is 1. The Bertz CT molecular complexity index is 712. The Labute approximate surface area is 142 Å². The molecule has 126 valence electrons. The van der Waals surface area contributed by atoms with Crippen LogP contribution in [-0.4, -0.2) is 23.5 Å². The molecular weight excluding hydrogens is 302 g/mol. The molecule has 0 aliphatic heterocycles. The van der Waals surface area contributed by atoms with Crippen LogP contribution in [0.4, 0.5) is 0 Å². The maximum Gasteiger partial charge on any atom is 0.315 e. The lowest BCUT2D eigenvalue weighted by atomic mass is 9.82. The fraction of sp³-hybridized carbons (Fsp3) is 0.300. The molecule has 0 spiro atoms. The van der Waals surface area contributed by atoms with Gasteiger partial charge >= 0.3 is 5.97 Å². The molecule has 0 radical (unpaired) electrons. The van der Waals surface area contributed by atoms with E-state index in [1.54, 1.807) is 31.2 Å². The van der Waals surface area contributed by atoms with Gasteiger partial charge in [0.25, 0.3) is 0 Å². The molecule has 0 fully saturated rings. The Hall–Kier alpha value is -2.62. The summed E-state index contributed by atoms with van der Waals surface area (Å²) in [6.07, 6.45) is 0.983. The van der Waals surface area contributed by atoms with E-state index in [4.69, 9.17) is 0 Å². The fourth-order valence-electron chi connectivity index (χ4n) is 2.60. The van der Waals surface area contributed by atoms with E-state index < -0.39 is 11.4 Å². The largest absolute Gasteiger partial charge is 0.481 e. The van der Waals surface area contributed by atoms with Gasteiger partial charge in [-0.25, -0.2) is 0 Å². The summed E-state index contributed by atoms with van der Waals surface area (Å²) in [6, 6.07) is 17.0. The molecule has 24 heavy (non-hydrogen) atoms. The third-order valence-electron chi connectivity index (χ3n) is 4.25. The number of aliphatic carboxylic acids is 1. The van der Waals surface area contributed by atoms with Gasteiger partial charge in [0.2, 0.25) is 5.91 Å². The molecule has 0 aromatic heterocycles. The van der Waals surface area contributed by atoms with Gasteiger partial charge in [-0.05, 0) is 31.4 Å². The Morgan fingerprint density at radius 3 is 2.42 bits per heavy atom. The number of benzene rings is 2. The molecule has 1 atom stereocenters. The molecule has 0 saturated heterocycles. The lowest BCUT2D eigenvalue weighted by Crippen LogP contribution is -2.44. The van der Waals surface area contributed by atoms with Crippen LogP contribution in [0.25, 0.3) is 0 Å². The van der Waals surface area contributed by atoms with Gasteiger partial charge in [-0.15, -0.1) is 0 Å². The highest BCUT2D eigenvalue weighted by molar-refractivity contribution is 5.83. The van der Waals surface area contributed by atoms with Crippen LogP contribution in [0.2, 0.25) is 0 Å². The predicted octanol–water partition coefficient (Wildman–Crippen LogP) is 3.09. The molecule has 1 unspecified atom stereocenters. The monoisotopic (exact) mass is 325 g/mol. The number of hydrogen-bond donors (Lipinski definition) is 2. The molecule has 0 bridgehead atoms. The molecule has 0 heterocycles. The summed E-state index contributed by atoms with van der Waals surface area (Å²) in [4.78, 5) is 23.8. The lowest BCUT2D eigenvalue weighted by molar-refractivity contribution is -0.143. The number of carbonyl (C=O) groups is 2. The average molecular weight is 325 g/mol. The second-order valence-corrected chi connectivity index (χ2v) is 6.27. The molecule has 2 N–H and O–H groups in total. The van der Waals surface area contributed by atoms with Crippen LogP contribution in [0, 0.1) is 6.92 Å². The molecule has 2 aromatic carbocycles. The number of rotatable bonds is 7. The summed E-state index contributed by atoms with van der Waals surface area (Å²) < 4.78 is 0. The molecule has 1 amide bonds. The first kappa shape index (κ1) is 17.7. The minimum absolute atomic E-state index is 0.0684. The van der Waals surface area contributed by atoms with Crippen molar-refractivity contribution in [2.45, 2.75) is 32.1 Å². The zero-order valence-electron chi connectivity index (χ0n) is 14.1. The maximum atomic E-state index is 12.1. The highest BCUT2D eigenvalue weighted by Gasteiger charge is 2.35. The summed E-state index contributed by atoms with van der Waals surface area (Å²) in [6.45, 7) is 3.71. The molecule has 0 saturated carbocycles. The van der Waals surface area contributed by atoms with E-state index in [-0.39, 0.29) is 12.5 Å². The van der Waals surface area contributed by atoms with Crippen LogP contribution in [0.3, 0.4) is 0 Å². The first-order valence-corrected chi connectivity index (χ1v) is 8.03. The topological polar surface area (TPSA) is 66.4 Å². The molecule has 4 heteroatoms. The molecule has 4 nitrogen and oxygen atoms in total. The lowest BCUT2D eigenvalue weighted by Gasteiger charge is -2.25. The summed E-state index contributed by atoms with van der Waals surface area (Å²) in [7, 11) is 0. The summed E-state index contributed by atoms with van der Waals surface area (Å²) in [5.74, 6) is -1.09. The Morgan fingerprint density at radius 2 is 1.79 bits per heavy atom. The highest BCUT2D eigenvalue weighted by atomic mass is 16.4. The van der Waals surface area contributed by atoms with Crippen molar-refractivity contribution in [2.24, 2.45) is 0 Å². The standard InChI is InChI=1S/C20H23NO3/c1-15-7-6-8-16(13-15)11-12-18(22)21-14-20(2,19(23)24)17-9-4-3-5-10-17/h3-10,13H,11-12,14H2,1-2H3,(H,21,22)(H,23,24). The number of amides is 1. The van der Waals surface area contributed by atoms with Crippen LogP contribution in [0.1, 0.15) is 30.0 Å². The Morgan fingerprint density at radius 1 is 1.08 bits per heavy atom. The van der Waals surface area contributed by atoms with Gasteiger partial charge in [0.05, 0.1) is 0 Å². The minimum Gasteiger partial charge on any atom is -0.481 e. The number of aryl methyl sites for hydroxylation is 2. The van der Waals surface area contributed by atoms with E-state index in [1.165, 1.54) is 0 Å². The minimum atomic E-state index is -1.14. The van der Waals surface area contributed by atoms with Gasteiger partial charge in [0.15, 0.2) is 0 Å². The van der Waals surface area contributed by atoms with E-state index in [0.29, 0.717) is 18.4 Å². The third-order valence-corrected chi connectivity index (χ3v) is 4.25. The van der Waals surface area contributed by atoms with Crippen LogP contribution >= 0.6 is 0 Å². The number of nitrogens with one attached hydrogen (secondary N) is 1. The van der Waals surface area contributed by atoms with Gasteiger partial charge in [0, 0.05) is 13.0 Å². The summed E-state index contributed by atoms with van der Waals surface area (Å²) >= 11 is 0. The fourth-order valence-corrected chi connectivity index (χ4v) is 2.60. The van der Waals surface area contributed by atoms with Crippen LogP contribution in [0.15, 0.2) is 54.6 Å². The summed E-state index contributed by atoms with van der Waals surface area (Å²) in [5, 5.41) is 12.4. The number of carboxylic acid groups (broad SMARTS) is 1. The Kier molecular flexibility index (Phi) is 5.74. The second kappa shape index (κ2) is 7.77. The van der Waals surface area contributed by atoms with Crippen LogP contribution in [-0.2, 0) is 21.4 Å². The summed E-state index contributed by atoms with van der Waals surface area (Å²) in [5.41, 5.74) is 1.81. The van der Waals surface area contributed by atoms with E-state index in [9.17, 15) is 14.7 Å². The third kappa shape index (κ3) is 4.44. The van der Waals surface area contributed by atoms with Crippen molar-refractivity contribution in [3.05, 3.63) is 71.3 Å². The van der Waals surface area contributed by atoms with Gasteiger partial charge in [0.1, 0.15) is 5.41 Å². The molecule has 2 rings (SSSR count). The smallest absolute Gasteiger partial charge is 0.315 e. The van der Waals surface area contributed by atoms with Gasteiger partial charge < -0.3 is 10.4 Å². The zero-order chi connectivity index (χ0) is 17.6. The molecule has 0 aliphatic carbocycles. The molecular formula is C20H23NO3. The number of carbonyl (C=O) groups excluding carboxylic acids is 1. The first-order chi connectivity index (χ1) is 11.4. The normalized spacial score (nSPS) is 13.1. The number of hydrogen-bond acceptors (Lipinski definition) is 2. The van der Waals surface area contributed by atoms with Gasteiger partial charge in [-0.3, -0.25) is 9.59 Å². The van der Waals surface area contributed by atoms with Crippen LogP contribution in [0.5, 0.6) is 0 Å². The van der Waals surface area contributed by atoms with Crippen molar-refractivity contribution >= 4 is 11.9 Å². The second-order valence-electron chi connectivity index (χ2n) is 6.27. The van der Waals surface area contributed by atoms with E-state index in [1.807, 2.05) is 31.2 Å². The van der Waals surface area contributed by atoms with Gasteiger partial charge in [-0.1, -0.05) is 60.2 Å². The van der Waals surface area contributed by atoms with Crippen molar-refractivity contribution < 1.29 is 14.7 Å². The van der Waals surface area contributed by atoms with Gasteiger partial charge in [-0.2, -0.15) is 0 Å². The SMILES string of the molecule is Cc1cccc(CCC(=O)NCC(C)(C(=O)O)c2ccccc2)c1. The van der Waals surface area contributed by atoms with Crippen molar-refractivity contribution in [3.63, 3.8) is 0 Å². The zero-order valence-corrected chi connectivity index (χ0v) is 14.1. The average Bonchev–Trinajstić information content (AvgIpc) is 2.58. The van der Waals surface area contributed by atoms with Crippen molar-refractivity contribution in [1.29, 1.82) is 0 Å². The quantitative estimate of drug-likeness (QED) is 0.822.